The van der Waals surface area contributed by atoms with Crippen LogP contribution in [0.2, 0.25) is 0 Å². The fraction of sp³-hybridized carbons (Fsp3) is 0.133. The number of rotatable bonds is 5. The average Bonchev–Trinajstić information content (AvgIpc) is 2.49. The molecule has 0 aliphatic carbocycles. The zero-order valence-electron chi connectivity index (χ0n) is 12.0. The van der Waals surface area contributed by atoms with Gasteiger partial charge in [0.25, 0.3) is 10.0 Å². The predicted molar refractivity (Wildman–Crippen MR) is 79.6 cm³/mol. The number of hydrogen-bond acceptors (Lipinski definition) is 4. The predicted octanol–water partition coefficient (Wildman–Crippen LogP) is 2.94. The minimum Gasteiger partial charge on any atom is -0.462 e. The van der Waals surface area contributed by atoms with Crippen LogP contribution in [0.15, 0.2) is 47.4 Å². The first kappa shape index (κ1) is 16.9. The normalized spacial score (nSPS) is 11.1. The van der Waals surface area contributed by atoms with Crippen LogP contribution in [0.4, 0.5) is 14.5 Å². The quantitative estimate of drug-likeness (QED) is 0.849. The summed E-state index contributed by atoms with van der Waals surface area (Å²) in [7, 11) is -4.34. The Hall–Kier alpha value is -2.48. The van der Waals surface area contributed by atoms with Gasteiger partial charge < -0.3 is 4.74 Å². The van der Waals surface area contributed by atoms with Crippen LogP contribution in [0.3, 0.4) is 0 Å². The summed E-state index contributed by atoms with van der Waals surface area (Å²) in [5.41, 5.74) is 0.158. The number of benzene rings is 2. The first-order valence-electron chi connectivity index (χ1n) is 6.58. The number of nitrogens with one attached hydrogen (secondary N) is 1. The first-order valence-corrected chi connectivity index (χ1v) is 8.07. The molecule has 8 heteroatoms. The maximum absolute atomic E-state index is 13.6. The van der Waals surface area contributed by atoms with Crippen molar-refractivity contribution in [1.82, 2.24) is 0 Å². The highest BCUT2D eigenvalue weighted by Gasteiger charge is 2.20. The van der Waals surface area contributed by atoms with E-state index in [-0.39, 0.29) is 17.9 Å². The first-order chi connectivity index (χ1) is 10.8. The molecule has 0 radical (unpaired) electrons. The molecular weight excluding hydrogens is 328 g/mol. The lowest BCUT2D eigenvalue weighted by Gasteiger charge is -2.10. The van der Waals surface area contributed by atoms with Crippen LogP contribution >= 0.6 is 0 Å². The van der Waals surface area contributed by atoms with E-state index < -0.39 is 32.5 Å². The maximum Gasteiger partial charge on any atom is 0.338 e. The summed E-state index contributed by atoms with van der Waals surface area (Å²) in [6, 6.07) is 7.61. The van der Waals surface area contributed by atoms with E-state index in [9.17, 15) is 22.0 Å². The Kier molecular flexibility index (Phi) is 4.95. The Bertz CT molecular complexity index is 837. The summed E-state index contributed by atoms with van der Waals surface area (Å²) in [5, 5.41) is 0. The van der Waals surface area contributed by atoms with E-state index in [1.54, 1.807) is 6.92 Å². The number of halogens is 2. The van der Waals surface area contributed by atoms with Crippen molar-refractivity contribution < 1.29 is 26.7 Å². The Morgan fingerprint density at radius 3 is 2.61 bits per heavy atom. The van der Waals surface area contributed by atoms with Gasteiger partial charge in [0.2, 0.25) is 0 Å². The lowest BCUT2D eigenvalue weighted by molar-refractivity contribution is 0.0526. The highest BCUT2D eigenvalue weighted by atomic mass is 32.2. The Morgan fingerprint density at radius 1 is 1.17 bits per heavy atom. The number of anilines is 1. The summed E-state index contributed by atoms with van der Waals surface area (Å²) < 4.78 is 58.0. The molecule has 0 saturated carbocycles. The average molecular weight is 341 g/mol. The smallest absolute Gasteiger partial charge is 0.338 e. The Labute approximate surface area is 132 Å². The monoisotopic (exact) mass is 341 g/mol. The number of carbonyl (C=O) groups is 1. The van der Waals surface area contributed by atoms with Crippen LogP contribution < -0.4 is 4.72 Å². The molecule has 0 fully saturated rings. The lowest BCUT2D eigenvalue weighted by atomic mass is 10.2. The van der Waals surface area contributed by atoms with E-state index in [4.69, 9.17) is 4.74 Å². The van der Waals surface area contributed by atoms with Gasteiger partial charge in [-0.3, -0.25) is 4.72 Å². The van der Waals surface area contributed by atoms with E-state index in [1.807, 2.05) is 0 Å². The fourth-order valence-electron chi connectivity index (χ4n) is 1.82. The Morgan fingerprint density at radius 2 is 1.91 bits per heavy atom. The molecule has 0 aliphatic heterocycles. The van der Waals surface area contributed by atoms with Gasteiger partial charge in [0.1, 0.15) is 16.5 Å². The summed E-state index contributed by atoms with van der Waals surface area (Å²) in [6.07, 6.45) is 0. The fourth-order valence-corrected chi connectivity index (χ4v) is 2.96. The van der Waals surface area contributed by atoms with Gasteiger partial charge in [-0.05, 0) is 43.3 Å². The molecule has 5 nitrogen and oxygen atoms in total. The van der Waals surface area contributed by atoms with Gasteiger partial charge >= 0.3 is 5.97 Å². The minimum absolute atomic E-state index is 0.0271. The van der Waals surface area contributed by atoms with E-state index in [0.29, 0.717) is 6.07 Å². The zero-order valence-corrected chi connectivity index (χ0v) is 12.9. The second kappa shape index (κ2) is 6.74. The van der Waals surface area contributed by atoms with Crippen molar-refractivity contribution in [3.8, 4) is 0 Å². The molecule has 122 valence electrons. The maximum atomic E-state index is 13.6. The van der Waals surface area contributed by atoms with Crippen molar-refractivity contribution in [2.75, 3.05) is 11.3 Å². The standard InChI is InChI=1S/C15H13F2NO4S/c1-2-22-15(19)10-4-3-5-12(8-10)18-23(20,21)14-9-11(16)6-7-13(14)17/h3-9,18H,2H2,1H3. The van der Waals surface area contributed by atoms with E-state index in [2.05, 4.69) is 4.72 Å². The molecule has 0 bridgehead atoms. The lowest BCUT2D eigenvalue weighted by Crippen LogP contribution is -2.15. The molecule has 2 aromatic carbocycles. The van der Waals surface area contributed by atoms with Gasteiger partial charge in [0.15, 0.2) is 0 Å². The van der Waals surface area contributed by atoms with Crippen molar-refractivity contribution in [2.24, 2.45) is 0 Å². The van der Waals surface area contributed by atoms with Crippen LogP contribution in [-0.4, -0.2) is 21.0 Å². The molecule has 2 aromatic rings. The summed E-state index contributed by atoms with van der Waals surface area (Å²) >= 11 is 0. The minimum atomic E-state index is -4.34. The van der Waals surface area contributed by atoms with Gasteiger partial charge in [-0.15, -0.1) is 0 Å². The van der Waals surface area contributed by atoms with E-state index in [0.717, 1.165) is 12.1 Å². The highest BCUT2D eigenvalue weighted by molar-refractivity contribution is 7.92. The van der Waals surface area contributed by atoms with Crippen LogP contribution in [0, 0.1) is 11.6 Å². The molecule has 2 rings (SSSR count). The van der Waals surface area contributed by atoms with Gasteiger partial charge in [-0.1, -0.05) is 6.07 Å². The van der Waals surface area contributed by atoms with Crippen LogP contribution in [0.25, 0.3) is 0 Å². The summed E-state index contributed by atoms with van der Waals surface area (Å²) in [5.74, 6) is -2.59. The van der Waals surface area contributed by atoms with Crippen LogP contribution in [0.5, 0.6) is 0 Å². The number of sulfonamides is 1. The van der Waals surface area contributed by atoms with Gasteiger partial charge in [-0.2, -0.15) is 0 Å². The van der Waals surface area contributed by atoms with Gasteiger partial charge in [-0.25, -0.2) is 22.0 Å². The molecule has 0 aromatic heterocycles. The molecule has 0 unspecified atom stereocenters. The van der Waals surface area contributed by atoms with Crippen molar-refractivity contribution in [1.29, 1.82) is 0 Å². The third kappa shape index (κ3) is 4.04. The molecule has 0 aliphatic rings. The van der Waals surface area contributed by atoms with Crippen molar-refractivity contribution in [2.45, 2.75) is 11.8 Å². The largest absolute Gasteiger partial charge is 0.462 e. The highest BCUT2D eigenvalue weighted by Crippen LogP contribution is 2.20. The molecule has 0 heterocycles. The number of esters is 1. The van der Waals surface area contributed by atoms with Crippen molar-refractivity contribution in [3.05, 3.63) is 59.7 Å². The van der Waals surface area contributed by atoms with Crippen LogP contribution in [0.1, 0.15) is 17.3 Å². The second-order valence-corrected chi connectivity index (χ2v) is 6.13. The third-order valence-electron chi connectivity index (χ3n) is 2.81. The molecule has 0 amide bonds. The molecule has 0 saturated heterocycles. The topological polar surface area (TPSA) is 72.5 Å². The van der Waals surface area contributed by atoms with Crippen LogP contribution in [-0.2, 0) is 14.8 Å². The Balaban J connectivity index is 2.32. The molecule has 23 heavy (non-hydrogen) atoms. The molecule has 0 atom stereocenters. The van der Waals surface area contributed by atoms with Gasteiger partial charge in [0.05, 0.1) is 12.2 Å². The van der Waals surface area contributed by atoms with Crippen molar-refractivity contribution in [3.63, 3.8) is 0 Å². The molecule has 1 N–H and O–H groups in total. The van der Waals surface area contributed by atoms with E-state index in [1.165, 1.54) is 24.3 Å². The number of carbonyl (C=O) groups excluding carboxylic acids is 1. The van der Waals surface area contributed by atoms with Crippen molar-refractivity contribution >= 4 is 21.7 Å². The van der Waals surface area contributed by atoms with Gasteiger partial charge in [0, 0.05) is 5.69 Å². The SMILES string of the molecule is CCOC(=O)c1cccc(NS(=O)(=O)c2cc(F)ccc2F)c1. The summed E-state index contributed by atoms with van der Waals surface area (Å²) in [4.78, 5) is 10.8. The molecular formula is C15H13F2NO4S. The summed E-state index contributed by atoms with van der Waals surface area (Å²) in [6.45, 7) is 1.81. The van der Waals surface area contributed by atoms with E-state index >= 15 is 0 Å². The number of hydrogen-bond donors (Lipinski definition) is 1. The number of ether oxygens (including phenoxy) is 1. The zero-order chi connectivity index (χ0) is 17.0. The third-order valence-corrected chi connectivity index (χ3v) is 4.21. The second-order valence-electron chi connectivity index (χ2n) is 4.48. The molecule has 0 spiro atoms.